The Hall–Kier alpha value is -4.73. The van der Waals surface area contributed by atoms with Gasteiger partial charge in [-0.05, 0) is 66.4 Å². The summed E-state index contributed by atoms with van der Waals surface area (Å²) in [5.41, 5.74) is 6.47. The minimum atomic E-state index is -1.04. The number of benzene rings is 4. The van der Waals surface area contributed by atoms with Crippen LogP contribution in [0.5, 0.6) is 5.75 Å². The lowest BCUT2D eigenvalue weighted by molar-refractivity contribution is 0.0538. The molecule has 230 valence electrons. The highest BCUT2D eigenvalue weighted by atomic mass is 35.5. The molecule has 0 radical (unpaired) electrons. The van der Waals surface area contributed by atoms with Crippen molar-refractivity contribution in [3.63, 3.8) is 0 Å². The normalized spacial score (nSPS) is 13.6. The molecule has 1 amide bonds. The maximum Gasteiger partial charge on any atom is 0.335 e. The number of carbonyl (C=O) groups is 2. The number of nitrogens with zero attached hydrogens (tertiary/aromatic N) is 2. The molecular formula is C35H31ClFN3O5. The van der Waals surface area contributed by atoms with Crippen LogP contribution in [-0.4, -0.2) is 33.6 Å². The van der Waals surface area contributed by atoms with Gasteiger partial charge in [-0.25, -0.2) is 19.6 Å². The number of carboxylic acids is 1. The molecule has 1 saturated carbocycles. The van der Waals surface area contributed by atoms with E-state index in [0.29, 0.717) is 49.9 Å². The van der Waals surface area contributed by atoms with Crippen LogP contribution in [0.2, 0.25) is 5.02 Å². The number of aromatic carboxylic acids is 1. The van der Waals surface area contributed by atoms with E-state index in [1.807, 2.05) is 24.3 Å². The maximum absolute atomic E-state index is 15.8. The second-order valence-electron chi connectivity index (χ2n) is 11.0. The van der Waals surface area contributed by atoms with Crippen LogP contribution >= 0.6 is 11.6 Å². The number of halogens is 2. The van der Waals surface area contributed by atoms with E-state index in [-0.39, 0.29) is 18.2 Å². The fourth-order valence-corrected chi connectivity index (χ4v) is 6.23. The quantitative estimate of drug-likeness (QED) is 0.160. The van der Waals surface area contributed by atoms with E-state index in [1.54, 1.807) is 42.5 Å². The fourth-order valence-electron chi connectivity index (χ4n) is 6.00. The largest absolute Gasteiger partial charge is 0.489 e. The Labute approximate surface area is 264 Å². The Bertz CT molecular complexity index is 1900. The van der Waals surface area contributed by atoms with Crippen molar-refractivity contribution in [3.05, 3.63) is 106 Å². The number of nitrogens with one attached hydrogen (secondary N) is 1. The van der Waals surface area contributed by atoms with Crippen LogP contribution in [0, 0.1) is 5.82 Å². The van der Waals surface area contributed by atoms with Crippen LogP contribution in [0.4, 0.5) is 4.39 Å². The van der Waals surface area contributed by atoms with Gasteiger partial charge in [0.1, 0.15) is 24.0 Å². The second kappa shape index (κ2) is 13.1. The van der Waals surface area contributed by atoms with Gasteiger partial charge in [0.25, 0.3) is 5.91 Å². The van der Waals surface area contributed by atoms with Crippen LogP contribution in [-0.2, 0) is 11.4 Å². The van der Waals surface area contributed by atoms with Gasteiger partial charge in [-0.1, -0.05) is 61.2 Å². The number of amides is 1. The number of ether oxygens (including phenoxy) is 1. The first-order chi connectivity index (χ1) is 21.8. The maximum atomic E-state index is 15.8. The lowest BCUT2D eigenvalue weighted by Gasteiger charge is -2.25. The van der Waals surface area contributed by atoms with Crippen LogP contribution in [0.15, 0.2) is 78.9 Å². The van der Waals surface area contributed by atoms with Gasteiger partial charge in [-0.15, -0.1) is 0 Å². The molecule has 0 aliphatic heterocycles. The molecule has 10 heteroatoms. The number of imidazole rings is 1. The molecule has 5 aromatic rings. The highest BCUT2D eigenvalue weighted by molar-refractivity contribution is 6.33. The summed E-state index contributed by atoms with van der Waals surface area (Å²) in [5.74, 6) is -1.22. The van der Waals surface area contributed by atoms with Crippen LogP contribution in [0.3, 0.4) is 0 Å². The molecule has 1 aromatic heterocycles. The van der Waals surface area contributed by atoms with Gasteiger partial charge in [0.15, 0.2) is 0 Å². The molecule has 0 atom stereocenters. The molecule has 0 bridgehead atoms. The van der Waals surface area contributed by atoms with Crippen molar-refractivity contribution in [1.29, 1.82) is 0 Å². The van der Waals surface area contributed by atoms with Crippen molar-refractivity contribution >= 4 is 34.5 Å². The summed E-state index contributed by atoms with van der Waals surface area (Å²) < 4.78 is 23.8. The summed E-state index contributed by atoms with van der Waals surface area (Å²) >= 11 is 6.41. The lowest BCUT2D eigenvalue weighted by Crippen LogP contribution is -2.22. The number of hydrogen-bond acceptors (Lipinski definition) is 5. The van der Waals surface area contributed by atoms with Crippen LogP contribution in [0.1, 0.15) is 64.4 Å². The first kappa shape index (κ1) is 30.3. The van der Waals surface area contributed by atoms with Crippen molar-refractivity contribution in [2.75, 3.05) is 7.11 Å². The van der Waals surface area contributed by atoms with Crippen LogP contribution in [0.25, 0.3) is 33.5 Å². The van der Waals surface area contributed by atoms with Crippen molar-refractivity contribution in [2.45, 2.75) is 44.8 Å². The monoisotopic (exact) mass is 627 g/mol. The van der Waals surface area contributed by atoms with Crippen LogP contribution < -0.4 is 10.2 Å². The highest BCUT2D eigenvalue weighted by Gasteiger charge is 2.25. The number of carbonyl (C=O) groups excluding carboxylic acids is 1. The Balaban J connectivity index is 1.29. The molecule has 2 N–H and O–H groups in total. The number of aromatic nitrogens is 2. The molecule has 4 aromatic carbocycles. The Morgan fingerprint density at radius 1 is 0.978 bits per heavy atom. The van der Waals surface area contributed by atoms with E-state index in [4.69, 9.17) is 26.2 Å². The molecule has 8 nitrogen and oxygen atoms in total. The van der Waals surface area contributed by atoms with E-state index in [2.05, 4.69) is 10.0 Å². The third-order valence-electron chi connectivity index (χ3n) is 8.15. The molecular weight excluding hydrogens is 597 g/mol. The number of hydroxylamine groups is 1. The zero-order chi connectivity index (χ0) is 31.5. The standard InChI is InChI=1S/C35H31ClFN3O5/c1-44-39-34(41)28-17-21(11-14-25(28)26-9-5-6-10-29(26)36)20-45-24-13-15-27(30(37)19-24)33-38-31-18-22(35(42)43)12-16-32(31)40(33)23-7-3-2-4-8-23/h5-6,9-19,23H,2-4,7-8,20H2,1H3,(H,39,41)(H,42,43). The predicted octanol–water partition coefficient (Wildman–Crippen LogP) is 8.24. The van der Waals surface area contributed by atoms with Crippen molar-refractivity contribution < 1.29 is 28.7 Å². The summed E-state index contributed by atoms with van der Waals surface area (Å²) in [7, 11) is 1.36. The Morgan fingerprint density at radius 3 is 2.49 bits per heavy atom. The van der Waals surface area contributed by atoms with E-state index < -0.39 is 17.7 Å². The van der Waals surface area contributed by atoms with Gasteiger partial charge in [0, 0.05) is 28.3 Å². The second-order valence-corrected chi connectivity index (χ2v) is 11.4. The molecule has 0 spiro atoms. The zero-order valence-corrected chi connectivity index (χ0v) is 25.3. The first-order valence-corrected chi connectivity index (χ1v) is 15.1. The molecule has 1 aliphatic carbocycles. The minimum absolute atomic E-state index is 0.0768. The average molecular weight is 628 g/mol. The SMILES string of the molecule is CONC(=O)c1cc(COc2ccc(-c3nc4cc(C(=O)O)ccc4n3C3CCCCC3)c(F)c2)ccc1-c1ccccc1Cl. The van der Waals surface area contributed by atoms with Gasteiger partial charge in [0.2, 0.25) is 0 Å². The molecule has 45 heavy (non-hydrogen) atoms. The molecule has 0 unspecified atom stereocenters. The van der Waals surface area contributed by atoms with Crippen molar-refractivity contribution in [2.24, 2.45) is 0 Å². The molecule has 1 heterocycles. The smallest absolute Gasteiger partial charge is 0.335 e. The number of hydrogen-bond donors (Lipinski definition) is 2. The zero-order valence-electron chi connectivity index (χ0n) is 24.6. The topological polar surface area (TPSA) is 103 Å². The van der Waals surface area contributed by atoms with Gasteiger partial charge in [-0.3, -0.25) is 9.63 Å². The third kappa shape index (κ3) is 6.27. The molecule has 0 saturated heterocycles. The molecule has 1 fully saturated rings. The van der Waals surface area contributed by atoms with Gasteiger partial charge < -0.3 is 14.4 Å². The summed E-state index contributed by atoms with van der Waals surface area (Å²) in [6.45, 7) is 0.0768. The van der Waals surface area contributed by atoms with E-state index in [1.165, 1.54) is 19.2 Å². The lowest BCUT2D eigenvalue weighted by atomic mass is 9.94. The van der Waals surface area contributed by atoms with Gasteiger partial charge in [-0.2, -0.15) is 0 Å². The summed E-state index contributed by atoms with van der Waals surface area (Å²) in [6, 6.07) is 22.2. The van der Waals surface area contributed by atoms with Crippen molar-refractivity contribution in [1.82, 2.24) is 15.0 Å². The van der Waals surface area contributed by atoms with E-state index >= 15 is 4.39 Å². The predicted molar refractivity (Wildman–Crippen MR) is 170 cm³/mol. The number of rotatable bonds is 9. The first-order valence-electron chi connectivity index (χ1n) is 14.7. The van der Waals surface area contributed by atoms with E-state index in [0.717, 1.165) is 37.6 Å². The van der Waals surface area contributed by atoms with Gasteiger partial charge in [0.05, 0.1) is 29.3 Å². The summed E-state index contributed by atoms with van der Waals surface area (Å²) in [4.78, 5) is 34.0. The Kier molecular flexibility index (Phi) is 8.82. The number of carboxylic acid groups (broad SMARTS) is 1. The van der Waals surface area contributed by atoms with E-state index in [9.17, 15) is 14.7 Å². The minimum Gasteiger partial charge on any atom is -0.489 e. The van der Waals surface area contributed by atoms with Gasteiger partial charge >= 0.3 is 5.97 Å². The highest BCUT2D eigenvalue weighted by Crippen LogP contribution is 2.38. The molecule has 1 aliphatic rings. The van der Waals surface area contributed by atoms with Crippen molar-refractivity contribution in [3.8, 4) is 28.3 Å². The number of fused-ring (bicyclic) bond motifs is 1. The summed E-state index contributed by atoms with van der Waals surface area (Å²) in [5, 5.41) is 10.0. The third-order valence-corrected chi connectivity index (χ3v) is 8.48. The average Bonchev–Trinajstić information content (AvgIpc) is 3.43. The Morgan fingerprint density at radius 2 is 1.76 bits per heavy atom. The molecule has 6 rings (SSSR count). The summed E-state index contributed by atoms with van der Waals surface area (Å²) in [6.07, 6.45) is 5.19. The fraction of sp³-hybridized carbons (Fsp3) is 0.229.